The van der Waals surface area contributed by atoms with Crippen molar-refractivity contribution in [2.24, 2.45) is 0 Å². The second kappa shape index (κ2) is 33.5. The number of allylic oxidation sites excluding steroid dienone is 2. The first kappa shape index (κ1) is 63.8. The Hall–Kier alpha value is -2.53. The van der Waals surface area contributed by atoms with Crippen molar-refractivity contribution in [3.8, 4) is 0 Å². The fraction of sp³-hybridized carbons (Fsp3) is 0.898. The van der Waals surface area contributed by atoms with E-state index in [-0.39, 0.29) is 18.9 Å². The molecule has 0 aliphatic carbocycles. The maximum atomic E-state index is 13.2. The van der Waals surface area contributed by atoms with Gasteiger partial charge in [0.05, 0.1) is 50.7 Å². The first-order valence-corrected chi connectivity index (χ1v) is 26.0. The van der Waals surface area contributed by atoms with E-state index in [1.807, 2.05) is 0 Å². The van der Waals surface area contributed by atoms with Crippen molar-refractivity contribution >= 4 is 17.8 Å². The maximum Gasteiger partial charge on any atom is 0.364 e. The molecule has 3 rings (SSSR count). The first-order chi connectivity index (χ1) is 34.4. The summed E-state index contributed by atoms with van der Waals surface area (Å²) in [7, 11) is 0. The predicted molar refractivity (Wildman–Crippen MR) is 255 cm³/mol. The van der Waals surface area contributed by atoms with Gasteiger partial charge in [-0.05, 0) is 32.1 Å². The fourth-order valence-corrected chi connectivity index (χ4v) is 9.18. The van der Waals surface area contributed by atoms with Gasteiger partial charge in [-0.1, -0.05) is 103 Å². The van der Waals surface area contributed by atoms with Crippen molar-refractivity contribution in [1.82, 2.24) is 10.6 Å². The zero-order valence-electron chi connectivity index (χ0n) is 42.3. The van der Waals surface area contributed by atoms with Crippen LogP contribution in [0.25, 0.3) is 0 Å². The van der Waals surface area contributed by atoms with Crippen LogP contribution in [0.15, 0.2) is 12.2 Å². The average molecular weight is 1040 g/mol. The van der Waals surface area contributed by atoms with E-state index in [4.69, 9.17) is 28.4 Å². The number of carbonyl (C=O) groups is 3. The van der Waals surface area contributed by atoms with Gasteiger partial charge in [0.2, 0.25) is 11.8 Å². The van der Waals surface area contributed by atoms with Crippen LogP contribution in [0.4, 0.5) is 0 Å². The number of aliphatic carboxylic acids is 1. The summed E-state index contributed by atoms with van der Waals surface area (Å²) < 4.78 is 34.5. The van der Waals surface area contributed by atoms with E-state index in [0.29, 0.717) is 25.7 Å². The van der Waals surface area contributed by atoms with Crippen molar-refractivity contribution in [3.05, 3.63) is 12.2 Å². The number of carboxylic acids is 1. The Balaban J connectivity index is 1.74. The van der Waals surface area contributed by atoms with Gasteiger partial charge in [-0.2, -0.15) is 0 Å². The van der Waals surface area contributed by atoms with Gasteiger partial charge in [0.15, 0.2) is 12.6 Å². The van der Waals surface area contributed by atoms with Crippen molar-refractivity contribution in [2.45, 2.75) is 253 Å². The van der Waals surface area contributed by atoms with Gasteiger partial charge in [0.1, 0.15) is 67.1 Å². The predicted octanol–water partition coefficient (Wildman–Crippen LogP) is -0.736. The number of unbranched alkanes of at least 4 members (excludes halogenated alkanes) is 13. The van der Waals surface area contributed by atoms with Gasteiger partial charge in [-0.3, -0.25) is 9.59 Å². The molecule has 2 amide bonds. The van der Waals surface area contributed by atoms with Crippen LogP contribution in [0.1, 0.15) is 143 Å². The molecule has 0 bridgehead atoms. The Kier molecular flexibility index (Phi) is 29.7. The van der Waals surface area contributed by atoms with E-state index in [9.17, 15) is 75.7 Å². The number of carbonyl (C=O) groups excluding carboxylic acids is 2. The third-order valence-corrected chi connectivity index (χ3v) is 13.5. The summed E-state index contributed by atoms with van der Waals surface area (Å²) >= 11 is 0. The molecule has 0 aromatic rings. The minimum Gasteiger partial charge on any atom is -0.477 e. The molecular weight excluding hydrogens is 953 g/mol. The van der Waals surface area contributed by atoms with Gasteiger partial charge < -0.3 is 100 Å². The van der Waals surface area contributed by atoms with Crippen LogP contribution in [-0.2, 0) is 42.8 Å². The van der Waals surface area contributed by atoms with Gasteiger partial charge in [-0.25, -0.2) is 4.79 Å². The lowest BCUT2D eigenvalue weighted by molar-refractivity contribution is -0.386. The lowest BCUT2D eigenvalue weighted by Crippen LogP contribution is -2.70. The highest BCUT2D eigenvalue weighted by atomic mass is 16.8. The molecule has 23 heteroatoms. The number of hydrogen-bond donors (Lipinski definition) is 14. The third kappa shape index (κ3) is 19.6. The van der Waals surface area contributed by atoms with Crippen LogP contribution in [0, 0.1) is 0 Å². The van der Waals surface area contributed by atoms with Crippen molar-refractivity contribution in [2.75, 3.05) is 26.4 Å². The van der Waals surface area contributed by atoms with Crippen LogP contribution in [0.2, 0.25) is 0 Å². The Labute approximate surface area is 422 Å². The molecule has 23 nitrogen and oxygen atoms in total. The van der Waals surface area contributed by atoms with Crippen LogP contribution in [0.5, 0.6) is 0 Å². The molecule has 3 heterocycles. The zero-order valence-corrected chi connectivity index (χ0v) is 42.3. The van der Waals surface area contributed by atoms with Gasteiger partial charge in [0, 0.05) is 19.8 Å². The number of rotatable bonds is 35. The van der Waals surface area contributed by atoms with Crippen LogP contribution < -0.4 is 10.6 Å². The molecule has 0 saturated carbocycles. The Morgan fingerprint density at radius 2 is 1.29 bits per heavy atom. The van der Waals surface area contributed by atoms with E-state index in [1.165, 1.54) is 38.5 Å². The highest BCUT2D eigenvalue weighted by Crippen LogP contribution is 2.38. The summed E-state index contributed by atoms with van der Waals surface area (Å²) in [4.78, 5) is 38.1. The summed E-state index contributed by atoms with van der Waals surface area (Å²) in [5, 5.41) is 135. The van der Waals surface area contributed by atoms with Crippen molar-refractivity contribution in [1.29, 1.82) is 0 Å². The monoisotopic (exact) mass is 1040 g/mol. The van der Waals surface area contributed by atoms with Crippen LogP contribution in [0.3, 0.4) is 0 Å². The molecule has 3 aliphatic heterocycles. The van der Waals surface area contributed by atoms with E-state index in [1.54, 1.807) is 0 Å². The highest BCUT2D eigenvalue weighted by Gasteiger charge is 2.60. The average Bonchev–Trinajstić information content (AvgIpc) is 3.35. The smallest absolute Gasteiger partial charge is 0.364 e. The summed E-state index contributed by atoms with van der Waals surface area (Å²) in [6, 6.07) is -2.54. The number of carboxylic acid groups (broad SMARTS) is 1. The lowest BCUT2D eigenvalue weighted by Gasteiger charge is -2.50. The fourth-order valence-electron chi connectivity index (χ4n) is 9.18. The molecule has 0 spiro atoms. The SMILES string of the molecule is CCCCCC/C=C\CCCC(=O)NC(COC1OC(CO)C(OC2OC(CO)C(O)C(OC3(C(=O)O)CC(O)C(NC(C)=O)C(C(O)C(O)CO)O3)C2O)C(O)C1O)C(O)CCCCCCCCCCC. The summed E-state index contributed by atoms with van der Waals surface area (Å²) in [5.74, 6) is -6.15. The van der Waals surface area contributed by atoms with E-state index in [2.05, 4.69) is 36.6 Å². The minimum absolute atomic E-state index is 0.174. The molecule has 3 saturated heterocycles. The molecular formula is C49H88N2O21. The normalized spacial score (nSPS) is 32.8. The van der Waals surface area contributed by atoms with E-state index in [0.717, 1.165) is 51.9 Å². The highest BCUT2D eigenvalue weighted by molar-refractivity contribution is 5.77. The number of nitrogens with one attached hydrogen (secondary N) is 2. The molecule has 18 atom stereocenters. The number of ether oxygens (including phenoxy) is 6. The standard InChI is InChI=1S/C49H88N2O21/c1-4-6-8-10-12-14-16-18-20-22-31(56)30(51-36(59)23-21-19-17-15-13-11-9-7-5-2)28-67-46-41(63)40(62)43(35(27-54)69-46)70-47-42(64)45(39(61)34(26-53)68-47)72-49(48(65)66)24-32(57)37(50-29(3)55)44(71-49)38(60)33(58)25-52/h15,17,30-35,37-47,52-54,56-58,60-64H,4-14,16,18-28H2,1-3H3,(H,50,55)(H,51,59)(H,65,66)/b17-15-. The van der Waals surface area contributed by atoms with Crippen LogP contribution in [-0.4, -0.2) is 215 Å². The molecule has 14 N–H and O–H groups in total. The van der Waals surface area contributed by atoms with Gasteiger partial charge >= 0.3 is 5.97 Å². The van der Waals surface area contributed by atoms with E-state index < -0.39 is 148 Å². The second-order valence-electron chi connectivity index (χ2n) is 19.4. The summed E-state index contributed by atoms with van der Waals surface area (Å²) in [6.07, 6.45) is -8.17. The van der Waals surface area contributed by atoms with Crippen LogP contribution >= 0.6 is 0 Å². The zero-order chi connectivity index (χ0) is 53.4. The molecule has 3 aliphatic rings. The molecule has 420 valence electrons. The lowest BCUT2D eigenvalue weighted by atomic mass is 9.88. The first-order valence-electron chi connectivity index (χ1n) is 26.0. The molecule has 0 radical (unpaired) electrons. The topological polar surface area (TPSA) is 373 Å². The largest absolute Gasteiger partial charge is 0.477 e. The number of hydrogen-bond acceptors (Lipinski definition) is 20. The van der Waals surface area contributed by atoms with Gasteiger partial charge in [-0.15, -0.1) is 0 Å². The summed E-state index contributed by atoms with van der Waals surface area (Å²) in [6.45, 7) is 2.02. The van der Waals surface area contributed by atoms with Gasteiger partial charge in [0.25, 0.3) is 5.79 Å². The minimum atomic E-state index is -3.07. The molecule has 0 aromatic heterocycles. The number of aliphatic hydroxyl groups excluding tert-OH is 11. The Morgan fingerprint density at radius 1 is 0.708 bits per heavy atom. The maximum absolute atomic E-state index is 13.2. The molecule has 0 aromatic carbocycles. The molecule has 3 fully saturated rings. The quantitative estimate of drug-likeness (QED) is 0.0275. The number of amides is 2. The second-order valence-corrected chi connectivity index (χ2v) is 19.4. The molecule has 72 heavy (non-hydrogen) atoms. The molecule has 18 unspecified atom stereocenters. The Bertz CT molecular complexity index is 1570. The third-order valence-electron chi connectivity index (χ3n) is 13.5. The summed E-state index contributed by atoms with van der Waals surface area (Å²) in [5.41, 5.74) is 0. The van der Waals surface area contributed by atoms with Crippen molar-refractivity contribution < 1.29 is 104 Å². The van der Waals surface area contributed by atoms with E-state index >= 15 is 0 Å². The number of aliphatic hydroxyl groups is 11. The Morgan fingerprint density at radius 3 is 1.88 bits per heavy atom. The van der Waals surface area contributed by atoms with Crippen molar-refractivity contribution in [3.63, 3.8) is 0 Å².